The lowest BCUT2D eigenvalue weighted by atomic mass is 10.2. The van der Waals surface area contributed by atoms with Crippen LogP contribution < -0.4 is 4.74 Å². The molecule has 0 atom stereocenters. The Bertz CT molecular complexity index is 1190. The first-order valence-corrected chi connectivity index (χ1v) is 10.1. The summed E-state index contributed by atoms with van der Waals surface area (Å²) in [4.78, 5) is 20.5. The number of aromatic amines is 1. The van der Waals surface area contributed by atoms with Crippen LogP contribution in [0, 0.1) is 6.92 Å². The number of fused-ring (bicyclic) bond motifs is 1. The number of nitrogens with one attached hydrogen (secondary N) is 1. The number of carbonyl (C=O) groups excluding carboxylic acids is 1. The fourth-order valence-corrected chi connectivity index (χ4v) is 4.36. The minimum absolute atomic E-state index is 0.264. The second-order valence-electron chi connectivity index (χ2n) is 6.70. The second kappa shape index (κ2) is 8.46. The van der Waals surface area contributed by atoms with E-state index in [-0.39, 0.29) is 6.54 Å². The van der Waals surface area contributed by atoms with Gasteiger partial charge in [0.05, 0.1) is 24.6 Å². The normalized spacial score (nSPS) is 11.4. The molecule has 154 valence electrons. The molecule has 0 aliphatic heterocycles. The first-order chi connectivity index (χ1) is 14.6. The first-order valence-electron chi connectivity index (χ1n) is 9.27. The summed E-state index contributed by atoms with van der Waals surface area (Å²) in [5, 5.41) is 13.7. The largest absolute Gasteiger partial charge is 0.481 e. The number of carbonyl (C=O) groups is 1. The molecule has 10 heteroatoms. The number of nitrogens with zero attached hydrogens (tertiary/aromatic N) is 6. The maximum Gasteiger partial charge on any atom is 0.230 e. The smallest absolute Gasteiger partial charge is 0.230 e. The highest BCUT2D eigenvalue weighted by molar-refractivity contribution is 7.19. The Morgan fingerprint density at radius 2 is 2.23 bits per heavy atom. The summed E-state index contributed by atoms with van der Waals surface area (Å²) in [5.74, 6) is 0.476. The number of thiazole rings is 1. The van der Waals surface area contributed by atoms with Crippen molar-refractivity contribution in [2.75, 3.05) is 7.11 Å². The van der Waals surface area contributed by atoms with Crippen LogP contribution in [0.25, 0.3) is 10.3 Å². The van der Waals surface area contributed by atoms with Gasteiger partial charge in [0.15, 0.2) is 5.65 Å². The number of methoxy groups -OCH3 is 1. The molecule has 4 aromatic heterocycles. The lowest BCUT2D eigenvalue weighted by Crippen LogP contribution is -2.16. The SMILES string of the molecule is COc1ncccc1CN(C=O)/N=C\c1c(C)n(C)c2nc(Cc3ccn[nH]3)sc12. The number of aromatic nitrogens is 5. The van der Waals surface area contributed by atoms with Gasteiger partial charge in [0.25, 0.3) is 0 Å². The number of ether oxygens (including phenoxy) is 1. The maximum atomic E-state index is 11.6. The van der Waals surface area contributed by atoms with Crippen molar-refractivity contribution in [1.82, 2.24) is 29.7 Å². The summed E-state index contributed by atoms with van der Waals surface area (Å²) in [6.07, 6.45) is 6.47. The molecule has 4 rings (SSSR count). The van der Waals surface area contributed by atoms with Crippen molar-refractivity contribution in [3.05, 3.63) is 58.1 Å². The molecule has 0 aliphatic carbocycles. The van der Waals surface area contributed by atoms with Gasteiger partial charge in [-0.05, 0) is 19.1 Å². The van der Waals surface area contributed by atoms with E-state index in [1.165, 1.54) is 5.01 Å². The van der Waals surface area contributed by atoms with Crippen LogP contribution >= 0.6 is 11.3 Å². The Morgan fingerprint density at radius 1 is 1.37 bits per heavy atom. The van der Waals surface area contributed by atoms with E-state index in [1.807, 2.05) is 30.7 Å². The number of hydrazone groups is 1. The minimum atomic E-state index is 0.264. The molecule has 0 bridgehead atoms. The zero-order valence-corrected chi connectivity index (χ0v) is 17.7. The van der Waals surface area contributed by atoms with Gasteiger partial charge in [0.2, 0.25) is 12.3 Å². The second-order valence-corrected chi connectivity index (χ2v) is 7.78. The fraction of sp³-hybridized carbons (Fsp3) is 0.250. The van der Waals surface area contributed by atoms with E-state index in [0.29, 0.717) is 18.7 Å². The summed E-state index contributed by atoms with van der Waals surface area (Å²) < 4.78 is 8.34. The fourth-order valence-electron chi connectivity index (χ4n) is 3.18. The molecule has 4 aromatic rings. The number of aryl methyl sites for hydroxylation is 1. The average molecular weight is 424 g/mol. The summed E-state index contributed by atoms with van der Waals surface area (Å²) >= 11 is 1.62. The van der Waals surface area contributed by atoms with Crippen LogP contribution in [0.15, 0.2) is 35.7 Å². The standard InChI is InChI=1S/C20H21N7O2S/c1-13-16(10-23-27(12-28)11-14-5-4-7-21-20(14)29-3)18-19(26(13)2)24-17(30-18)9-15-6-8-22-25-15/h4-8,10,12H,9,11H2,1-3H3,(H,22,25)/b23-10-. The summed E-state index contributed by atoms with van der Waals surface area (Å²) in [5.41, 5.74) is 4.67. The molecule has 0 radical (unpaired) electrons. The Labute approximate surface area is 177 Å². The van der Waals surface area contributed by atoms with Crippen LogP contribution in [0.2, 0.25) is 0 Å². The van der Waals surface area contributed by atoms with E-state index in [2.05, 4.69) is 20.3 Å². The predicted molar refractivity (Wildman–Crippen MR) is 115 cm³/mol. The number of H-pyrrole nitrogens is 1. The molecular weight excluding hydrogens is 402 g/mol. The van der Waals surface area contributed by atoms with Gasteiger partial charge in [0.1, 0.15) is 5.01 Å². The molecule has 30 heavy (non-hydrogen) atoms. The first kappa shape index (κ1) is 19.8. The molecule has 4 heterocycles. The third-order valence-electron chi connectivity index (χ3n) is 4.84. The molecule has 0 saturated carbocycles. The Morgan fingerprint density at radius 3 is 2.97 bits per heavy atom. The Balaban J connectivity index is 1.61. The van der Waals surface area contributed by atoms with Crippen molar-refractivity contribution >= 4 is 34.3 Å². The van der Waals surface area contributed by atoms with Gasteiger partial charge >= 0.3 is 0 Å². The van der Waals surface area contributed by atoms with E-state index in [9.17, 15) is 4.79 Å². The van der Waals surface area contributed by atoms with Crippen LogP contribution in [0.1, 0.15) is 27.5 Å². The number of amides is 1. The third kappa shape index (κ3) is 3.81. The van der Waals surface area contributed by atoms with Crippen molar-refractivity contribution in [1.29, 1.82) is 0 Å². The number of rotatable bonds is 8. The van der Waals surface area contributed by atoms with E-state index in [1.54, 1.807) is 43.1 Å². The summed E-state index contributed by atoms with van der Waals surface area (Å²) in [7, 11) is 3.53. The maximum absolute atomic E-state index is 11.6. The minimum Gasteiger partial charge on any atom is -0.481 e. The van der Waals surface area contributed by atoms with E-state index in [0.717, 1.165) is 37.9 Å². The van der Waals surface area contributed by atoms with Crippen molar-refractivity contribution in [2.24, 2.45) is 12.1 Å². The van der Waals surface area contributed by atoms with Gasteiger partial charge in [-0.3, -0.25) is 9.89 Å². The van der Waals surface area contributed by atoms with Gasteiger partial charge in [-0.15, -0.1) is 11.3 Å². The molecule has 0 unspecified atom stereocenters. The quantitative estimate of drug-likeness (QED) is 0.267. The van der Waals surface area contributed by atoms with Gasteiger partial charge in [0, 0.05) is 48.4 Å². The van der Waals surface area contributed by atoms with E-state index >= 15 is 0 Å². The molecule has 0 fully saturated rings. The van der Waals surface area contributed by atoms with Crippen molar-refractivity contribution in [2.45, 2.75) is 19.9 Å². The molecule has 0 aromatic carbocycles. The molecule has 9 nitrogen and oxygen atoms in total. The van der Waals surface area contributed by atoms with Crippen LogP contribution in [0.4, 0.5) is 0 Å². The van der Waals surface area contributed by atoms with Gasteiger partial charge in [-0.25, -0.2) is 15.0 Å². The van der Waals surface area contributed by atoms with Gasteiger partial charge < -0.3 is 9.30 Å². The summed E-state index contributed by atoms with van der Waals surface area (Å²) in [6, 6.07) is 5.59. The summed E-state index contributed by atoms with van der Waals surface area (Å²) in [6.45, 7) is 2.28. The predicted octanol–water partition coefficient (Wildman–Crippen LogP) is 2.65. The van der Waals surface area contributed by atoms with Crippen LogP contribution in [-0.2, 0) is 24.8 Å². The monoisotopic (exact) mass is 423 g/mol. The van der Waals surface area contributed by atoms with Crippen molar-refractivity contribution in [3.63, 3.8) is 0 Å². The molecule has 1 amide bonds. The highest BCUT2D eigenvalue weighted by atomic mass is 32.1. The van der Waals surface area contributed by atoms with Crippen molar-refractivity contribution < 1.29 is 9.53 Å². The van der Waals surface area contributed by atoms with Gasteiger partial charge in [-0.2, -0.15) is 10.2 Å². The zero-order chi connectivity index (χ0) is 21.1. The van der Waals surface area contributed by atoms with Crippen LogP contribution in [-0.4, -0.2) is 49.5 Å². The zero-order valence-electron chi connectivity index (χ0n) is 16.9. The molecule has 1 N–H and O–H groups in total. The molecule has 0 aliphatic rings. The third-order valence-corrected chi connectivity index (χ3v) is 5.92. The Hall–Kier alpha value is -3.53. The number of pyridine rings is 1. The van der Waals surface area contributed by atoms with Gasteiger partial charge in [-0.1, -0.05) is 6.07 Å². The van der Waals surface area contributed by atoms with Crippen LogP contribution in [0.5, 0.6) is 5.88 Å². The van der Waals surface area contributed by atoms with Crippen LogP contribution in [0.3, 0.4) is 0 Å². The average Bonchev–Trinajstić information content (AvgIpc) is 3.47. The number of hydrogen-bond donors (Lipinski definition) is 1. The topological polar surface area (TPSA) is 101 Å². The van der Waals surface area contributed by atoms with E-state index in [4.69, 9.17) is 9.72 Å². The highest BCUT2D eigenvalue weighted by Gasteiger charge is 2.17. The van der Waals surface area contributed by atoms with E-state index < -0.39 is 0 Å². The number of hydrogen-bond acceptors (Lipinski definition) is 7. The molecular formula is C20H21N7O2S. The lowest BCUT2D eigenvalue weighted by molar-refractivity contribution is -0.118. The van der Waals surface area contributed by atoms with Crippen molar-refractivity contribution in [3.8, 4) is 5.88 Å². The Kier molecular flexibility index (Phi) is 5.57. The molecule has 0 saturated heterocycles. The lowest BCUT2D eigenvalue weighted by Gasteiger charge is -2.12. The molecule has 0 spiro atoms. The highest BCUT2D eigenvalue weighted by Crippen LogP contribution is 2.30.